The van der Waals surface area contributed by atoms with Crippen molar-refractivity contribution >= 4 is 15.7 Å². The van der Waals surface area contributed by atoms with E-state index in [0.29, 0.717) is 31.7 Å². The van der Waals surface area contributed by atoms with Gasteiger partial charge in [0.15, 0.2) is 11.6 Å². The first-order valence-electron chi connectivity index (χ1n) is 12.9. The Balaban J connectivity index is 1.88. The third kappa shape index (κ3) is 8.10. The predicted octanol–water partition coefficient (Wildman–Crippen LogP) is 5.49. The lowest BCUT2D eigenvalue weighted by Gasteiger charge is -2.27. The first-order chi connectivity index (χ1) is 19.3. The smallest absolute Gasteiger partial charge is 0.400 e. The Morgan fingerprint density at radius 1 is 1.12 bits per heavy atom. The van der Waals surface area contributed by atoms with Crippen LogP contribution >= 0.6 is 0 Å². The van der Waals surface area contributed by atoms with E-state index in [9.17, 15) is 48.3 Å². The van der Waals surface area contributed by atoms with Gasteiger partial charge in [-0.05, 0) is 45.4 Å². The van der Waals surface area contributed by atoms with Crippen molar-refractivity contribution in [3.8, 4) is 17.0 Å². The van der Waals surface area contributed by atoms with E-state index in [-0.39, 0.29) is 41.5 Å². The SMILES string of the molecule is CCn1nc(C(=O)NCC2CCC(S(C)(=O)=O)CC2)c(C)c1-c1cnc(CC(C(F)(F)F)C(F)(F)F)cc1OC(F)F. The predicted molar refractivity (Wildman–Crippen MR) is 135 cm³/mol. The van der Waals surface area contributed by atoms with Gasteiger partial charge >= 0.3 is 19.0 Å². The van der Waals surface area contributed by atoms with Crippen LogP contribution in [0.1, 0.15) is 54.4 Å². The number of aromatic nitrogens is 3. The molecule has 3 rings (SSSR count). The molecule has 1 fully saturated rings. The van der Waals surface area contributed by atoms with E-state index in [2.05, 4.69) is 20.1 Å². The number of rotatable bonds is 10. The molecule has 8 nitrogen and oxygen atoms in total. The highest BCUT2D eigenvalue weighted by molar-refractivity contribution is 7.91. The molecule has 0 unspecified atom stereocenters. The Kier molecular flexibility index (Phi) is 10.1. The molecule has 236 valence electrons. The second-order valence-electron chi connectivity index (χ2n) is 10.2. The molecule has 0 bridgehead atoms. The molecule has 2 aromatic rings. The first-order valence-corrected chi connectivity index (χ1v) is 14.9. The fourth-order valence-electron chi connectivity index (χ4n) is 5.01. The van der Waals surface area contributed by atoms with Gasteiger partial charge in [0.2, 0.25) is 0 Å². The van der Waals surface area contributed by atoms with Gasteiger partial charge in [-0.3, -0.25) is 14.5 Å². The number of halogens is 8. The highest BCUT2D eigenvalue weighted by atomic mass is 32.2. The van der Waals surface area contributed by atoms with Crippen LogP contribution in [0, 0.1) is 18.8 Å². The van der Waals surface area contributed by atoms with E-state index >= 15 is 0 Å². The van der Waals surface area contributed by atoms with E-state index in [0.717, 1.165) is 6.20 Å². The summed E-state index contributed by atoms with van der Waals surface area (Å²) < 4.78 is 134. The molecule has 1 aliphatic rings. The molecule has 42 heavy (non-hydrogen) atoms. The molecule has 0 radical (unpaired) electrons. The van der Waals surface area contributed by atoms with E-state index < -0.39 is 63.7 Å². The van der Waals surface area contributed by atoms with Crippen molar-refractivity contribution in [3.63, 3.8) is 0 Å². The van der Waals surface area contributed by atoms with E-state index in [1.165, 1.54) is 17.9 Å². The van der Waals surface area contributed by atoms with Gasteiger partial charge in [0.1, 0.15) is 15.6 Å². The normalized spacial score (nSPS) is 18.5. The van der Waals surface area contributed by atoms with Crippen LogP contribution in [0.15, 0.2) is 12.3 Å². The number of amides is 1. The second kappa shape index (κ2) is 12.7. The van der Waals surface area contributed by atoms with Crippen LogP contribution in [0.25, 0.3) is 11.3 Å². The van der Waals surface area contributed by atoms with Crippen LogP contribution in [0.5, 0.6) is 5.75 Å². The summed E-state index contributed by atoms with van der Waals surface area (Å²) in [5.74, 6) is -5.09. The van der Waals surface area contributed by atoms with Gasteiger partial charge in [0, 0.05) is 49.3 Å². The Morgan fingerprint density at radius 3 is 2.21 bits per heavy atom. The molecule has 1 saturated carbocycles. The molecule has 1 N–H and O–H groups in total. The summed E-state index contributed by atoms with van der Waals surface area (Å²) in [7, 11) is -3.16. The first kappa shape index (κ1) is 33.5. The summed E-state index contributed by atoms with van der Waals surface area (Å²) in [6, 6.07) is 0.588. The average Bonchev–Trinajstić information content (AvgIpc) is 3.20. The summed E-state index contributed by atoms with van der Waals surface area (Å²) in [6.07, 6.45) is -8.86. The molecule has 1 amide bonds. The number of hydrogen-bond acceptors (Lipinski definition) is 6. The van der Waals surface area contributed by atoms with Crippen LogP contribution in [0.3, 0.4) is 0 Å². The Morgan fingerprint density at radius 2 is 1.71 bits per heavy atom. The third-order valence-electron chi connectivity index (χ3n) is 7.25. The molecule has 0 aromatic carbocycles. The second-order valence-corrected chi connectivity index (χ2v) is 12.5. The number of alkyl halides is 8. The summed E-state index contributed by atoms with van der Waals surface area (Å²) in [6.45, 7) is -0.0642. The molecular weight excluding hydrogens is 604 g/mol. The van der Waals surface area contributed by atoms with Crippen molar-refractivity contribution < 1.29 is 53.1 Å². The Hall–Kier alpha value is -2.98. The summed E-state index contributed by atoms with van der Waals surface area (Å²) in [5.41, 5.74) is -0.822. The summed E-state index contributed by atoms with van der Waals surface area (Å²) >= 11 is 0. The molecule has 2 aromatic heterocycles. The van der Waals surface area contributed by atoms with Crippen LogP contribution in [0.4, 0.5) is 35.1 Å². The van der Waals surface area contributed by atoms with Crippen molar-refractivity contribution in [1.29, 1.82) is 0 Å². The van der Waals surface area contributed by atoms with Gasteiger partial charge in [-0.15, -0.1) is 0 Å². The lowest BCUT2D eigenvalue weighted by atomic mass is 9.89. The van der Waals surface area contributed by atoms with Crippen LogP contribution in [-0.4, -0.2) is 66.1 Å². The maximum atomic E-state index is 13.2. The highest BCUT2D eigenvalue weighted by Crippen LogP contribution is 2.42. The van der Waals surface area contributed by atoms with Gasteiger partial charge in [-0.1, -0.05) is 0 Å². The molecule has 1 aliphatic carbocycles. The zero-order chi connectivity index (χ0) is 31.6. The minimum absolute atomic E-state index is 0.0278. The number of carbonyl (C=O) groups excluding carboxylic acids is 1. The van der Waals surface area contributed by atoms with Crippen molar-refractivity contribution in [2.75, 3.05) is 12.8 Å². The molecule has 0 atom stereocenters. The van der Waals surface area contributed by atoms with Crippen LogP contribution < -0.4 is 10.1 Å². The molecule has 17 heteroatoms. The number of carbonyl (C=O) groups is 1. The average molecular weight is 635 g/mol. The molecule has 0 saturated heterocycles. The topological polar surface area (TPSA) is 103 Å². The minimum Gasteiger partial charge on any atom is -0.434 e. The molecule has 0 aliphatic heterocycles. The summed E-state index contributed by atoms with van der Waals surface area (Å²) in [4.78, 5) is 16.7. The van der Waals surface area contributed by atoms with E-state index in [1.54, 1.807) is 6.92 Å². The van der Waals surface area contributed by atoms with Crippen LogP contribution in [-0.2, 0) is 22.8 Å². The standard InChI is InChI=1S/C25H30F8N4O4S/c1-4-37-21(13(2)20(36-37)22(38)35-11-14-5-7-16(8-6-14)42(3,39)40)17-12-34-15(9-18(17)41-23(26)27)10-19(24(28,29)30)25(31,32)33/h9,12,14,16,19,23H,4-8,10-11H2,1-3H3,(H,35,38). The minimum atomic E-state index is -5.66. The zero-order valence-corrected chi connectivity index (χ0v) is 23.6. The summed E-state index contributed by atoms with van der Waals surface area (Å²) in [5, 5.41) is 6.54. The maximum Gasteiger partial charge on any atom is 0.400 e. The molecule has 0 spiro atoms. The number of ether oxygens (including phenoxy) is 1. The molecule has 2 heterocycles. The monoisotopic (exact) mass is 634 g/mol. The lowest BCUT2D eigenvalue weighted by Crippen LogP contribution is -2.38. The quantitative estimate of drug-likeness (QED) is 0.347. The number of aryl methyl sites for hydroxylation is 1. The van der Waals surface area contributed by atoms with Crippen molar-refractivity contribution in [2.24, 2.45) is 11.8 Å². The number of hydrogen-bond donors (Lipinski definition) is 1. The fraction of sp³-hybridized carbons (Fsp3) is 0.640. The van der Waals surface area contributed by atoms with Gasteiger partial charge in [-0.2, -0.15) is 40.2 Å². The van der Waals surface area contributed by atoms with E-state index in [1.807, 2.05) is 0 Å². The number of nitrogens with one attached hydrogen (secondary N) is 1. The van der Waals surface area contributed by atoms with E-state index in [4.69, 9.17) is 0 Å². The van der Waals surface area contributed by atoms with Crippen molar-refractivity contribution in [1.82, 2.24) is 20.1 Å². The van der Waals surface area contributed by atoms with Gasteiger partial charge in [0.25, 0.3) is 5.91 Å². The number of sulfone groups is 1. The van der Waals surface area contributed by atoms with Crippen molar-refractivity contribution in [2.45, 2.75) is 76.7 Å². The lowest BCUT2D eigenvalue weighted by molar-refractivity contribution is -0.283. The third-order valence-corrected chi connectivity index (χ3v) is 8.93. The highest BCUT2D eigenvalue weighted by Gasteiger charge is 2.56. The maximum absolute atomic E-state index is 13.2. The fourth-order valence-corrected chi connectivity index (χ4v) is 6.14. The van der Waals surface area contributed by atoms with Gasteiger partial charge in [-0.25, -0.2) is 8.42 Å². The Bertz CT molecular complexity index is 1350. The zero-order valence-electron chi connectivity index (χ0n) is 22.8. The number of pyridine rings is 1. The molecular formula is C25H30F8N4O4S. The van der Waals surface area contributed by atoms with Crippen LogP contribution in [0.2, 0.25) is 0 Å². The largest absolute Gasteiger partial charge is 0.434 e. The number of nitrogens with zero attached hydrogens (tertiary/aromatic N) is 3. The van der Waals surface area contributed by atoms with Gasteiger partial charge in [0.05, 0.1) is 16.5 Å². The van der Waals surface area contributed by atoms with Gasteiger partial charge < -0.3 is 10.1 Å². The Labute approximate surface area is 236 Å². The van der Waals surface area contributed by atoms with Crippen molar-refractivity contribution in [3.05, 3.63) is 29.2 Å².